The summed E-state index contributed by atoms with van der Waals surface area (Å²) in [6.45, 7) is 0.532. The Kier molecular flexibility index (Phi) is 6.32. The molecule has 0 aliphatic rings. The minimum absolute atomic E-state index is 0.169. The molecule has 0 aliphatic carbocycles. The van der Waals surface area contributed by atoms with Gasteiger partial charge in [-0.05, 0) is 48.4 Å². The van der Waals surface area contributed by atoms with Crippen LogP contribution in [0.5, 0.6) is 23.0 Å². The fourth-order valence-corrected chi connectivity index (χ4v) is 2.74. The van der Waals surface area contributed by atoms with E-state index in [2.05, 4.69) is 0 Å². The maximum atomic E-state index is 6.01. The van der Waals surface area contributed by atoms with Gasteiger partial charge < -0.3 is 24.7 Å². The predicted molar refractivity (Wildman–Crippen MR) is 94.6 cm³/mol. The molecule has 1 unspecified atom stereocenters. The summed E-state index contributed by atoms with van der Waals surface area (Å²) in [6, 6.07) is 11.9. The first kappa shape index (κ1) is 17.9. The van der Waals surface area contributed by atoms with E-state index in [9.17, 15) is 0 Å². The first-order chi connectivity index (χ1) is 11.7. The number of hydrogen-bond donors (Lipinski definition) is 1. The van der Waals surface area contributed by atoms with E-state index in [0.717, 1.165) is 29.0 Å². The van der Waals surface area contributed by atoms with Crippen molar-refractivity contribution in [3.63, 3.8) is 0 Å². The molecule has 0 aromatic heterocycles. The minimum Gasteiger partial charge on any atom is -0.493 e. The number of ether oxygens (including phenoxy) is 4. The first-order valence-corrected chi connectivity index (χ1v) is 7.79. The molecule has 0 spiro atoms. The Morgan fingerprint density at radius 3 is 1.83 bits per heavy atom. The van der Waals surface area contributed by atoms with E-state index in [4.69, 9.17) is 24.7 Å². The molecule has 130 valence electrons. The molecule has 2 aromatic rings. The van der Waals surface area contributed by atoms with E-state index in [0.29, 0.717) is 18.0 Å². The van der Waals surface area contributed by atoms with Crippen LogP contribution in [0.1, 0.15) is 17.0 Å². The van der Waals surface area contributed by atoms with Crippen LogP contribution in [0.3, 0.4) is 0 Å². The molecular weight excluding hydrogens is 306 g/mol. The quantitative estimate of drug-likeness (QED) is 0.805. The largest absolute Gasteiger partial charge is 0.493 e. The fourth-order valence-electron chi connectivity index (χ4n) is 2.74. The Bertz CT molecular complexity index is 672. The Morgan fingerprint density at radius 1 is 0.750 bits per heavy atom. The van der Waals surface area contributed by atoms with Crippen LogP contribution in [0, 0.1) is 0 Å². The van der Waals surface area contributed by atoms with Crippen LogP contribution in [0.2, 0.25) is 0 Å². The van der Waals surface area contributed by atoms with E-state index in [1.807, 2.05) is 36.4 Å². The van der Waals surface area contributed by atoms with Gasteiger partial charge in [0.05, 0.1) is 28.4 Å². The highest BCUT2D eigenvalue weighted by atomic mass is 16.5. The SMILES string of the molecule is COc1ccc(CC(CN)c2ccc(OC)c(OC)c2)cc1OC. The summed E-state index contributed by atoms with van der Waals surface area (Å²) in [4.78, 5) is 0. The molecule has 0 bridgehead atoms. The molecule has 1 atom stereocenters. The van der Waals surface area contributed by atoms with Crippen LogP contribution in [-0.4, -0.2) is 35.0 Å². The fraction of sp³-hybridized carbons (Fsp3) is 0.368. The van der Waals surface area contributed by atoms with Crippen molar-refractivity contribution in [3.8, 4) is 23.0 Å². The number of rotatable bonds is 8. The number of benzene rings is 2. The Labute approximate surface area is 143 Å². The number of hydrogen-bond acceptors (Lipinski definition) is 5. The molecule has 0 fully saturated rings. The van der Waals surface area contributed by atoms with Crippen molar-refractivity contribution in [3.05, 3.63) is 47.5 Å². The number of methoxy groups -OCH3 is 4. The van der Waals surface area contributed by atoms with Gasteiger partial charge in [-0.1, -0.05) is 12.1 Å². The zero-order chi connectivity index (χ0) is 17.5. The summed E-state index contributed by atoms with van der Waals surface area (Å²) < 4.78 is 21.3. The van der Waals surface area contributed by atoms with Crippen molar-refractivity contribution in [2.24, 2.45) is 5.73 Å². The van der Waals surface area contributed by atoms with Gasteiger partial charge in [-0.2, -0.15) is 0 Å². The molecule has 2 rings (SSSR count). The monoisotopic (exact) mass is 331 g/mol. The highest BCUT2D eigenvalue weighted by Crippen LogP contribution is 2.33. The second-order valence-corrected chi connectivity index (χ2v) is 5.44. The maximum absolute atomic E-state index is 6.01. The van der Waals surface area contributed by atoms with Crippen molar-refractivity contribution < 1.29 is 18.9 Å². The molecule has 2 N–H and O–H groups in total. The van der Waals surface area contributed by atoms with Crippen LogP contribution in [0.15, 0.2) is 36.4 Å². The second kappa shape index (κ2) is 8.45. The van der Waals surface area contributed by atoms with Crippen LogP contribution in [0.4, 0.5) is 0 Å². The number of nitrogens with two attached hydrogens (primary N) is 1. The molecular formula is C19H25NO4. The van der Waals surface area contributed by atoms with Crippen LogP contribution in [-0.2, 0) is 6.42 Å². The molecule has 24 heavy (non-hydrogen) atoms. The average molecular weight is 331 g/mol. The molecule has 2 aromatic carbocycles. The summed E-state index contributed by atoms with van der Waals surface area (Å²) in [6.07, 6.45) is 0.798. The zero-order valence-electron chi connectivity index (χ0n) is 14.7. The lowest BCUT2D eigenvalue weighted by molar-refractivity contribution is 0.354. The molecule has 0 heterocycles. The summed E-state index contributed by atoms with van der Waals surface area (Å²) in [7, 11) is 6.52. The minimum atomic E-state index is 0.169. The standard InChI is InChI=1S/C19H25NO4/c1-21-16-7-5-13(10-18(16)23-3)9-15(12-20)14-6-8-17(22-2)19(11-14)24-4/h5-8,10-11,15H,9,12,20H2,1-4H3. The third kappa shape index (κ3) is 3.92. The van der Waals surface area contributed by atoms with Crippen molar-refractivity contribution >= 4 is 0 Å². The second-order valence-electron chi connectivity index (χ2n) is 5.44. The van der Waals surface area contributed by atoms with Gasteiger partial charge in [0.2, 0.25) is 0 Å². The van der Waals surface area contributed by atoms with Crippen LogP contribution < -0.4 is 24.7 Å². The van der Waals surface area contributed by atoms with Crippen LogP contribution in [0.25, 0.3) is 0 Å². The molecule has 0 aliphatic heterocycles. The van der Waals surface area contributed by atoms with E-state index >= 15 is 0 Å². The third-order valence-electron chi connectivity index (χ3n) is 4.09. The summed E-state index contributed by atoms with van der Waals surface area (Å²) in [5, 5.41) is 0. The van der Waals surface area contributed by atoms with E-state index < -0.39 is 0 Å². The normalized spacial score (nSPS) is 11.7. The van der Waals surface area contributed by atoms with E-state index in [1.54, 1.807) is 28.4 Å². The van der Waals surface area contributed by atoms with Crippen molar-refractivity contribution in [2.75, 3.05) is 35.0 Å². The lowest BCUT2D eigenvalue weighted by atomic mass is 9.91. The summed E-state index contributed by atoms with van der Waals surface area (Å²) in [5.74, 6) is 3.03. The topological polar surface area (TPSA) is 62.9 Å². The first-order valence-electron chi connectivity index (χ1n) is 7.79. The van der Waals surface area contributed by atoms with Gasteiger partial charge in [-0.15, -0.1) is 0 Å². The van der Waals surface area contributed by atoms with Gasteiger partial charge >= 0.3 is 0 Å². The van der Waals surface area contributed by atoms with Gasteiger partial charge in [-0.3, -0.25) is 0 Å². The highest BCUT2D eigenvalue weighted by Gasteiger charge is 2.15. The van der Waals surface area contributed by atoms with E-state index in [-0.39, 0.29) is 5.92 Å². The van der Waals surface area contributed by atoms with Gasteiger partial charge in [-0.25, -0.2) is 0 Å². The van der Waals surface area contributed by atoms with Gasteiger partial charge in [0.25, 0.3) is 0 Å². The molecule has 0 amide bonds. The lowest BCUT2D eigenvalue weighted by Crippen LogP contribution is -2.15. The molecule has 0 saturated heterocycles. The molecule has 5 nitrogen and oxygen atoms in total. The van der Waals surface area contributed by atoms with Crippen molar-refractivity contribution in [1.82, 2.24) is 0 Å². The predicted octanol–water partition coefficient (Wildman–Crippen LogP) is 3.01. The molecule has 0 radical (unpaired) electrons. The van der Waals surface area contributed by atoms with Gasteiger partial charge in [0.15, 0.2) is 23.0 Å². The van der Waals surface area contributed by atoms with Crippen molar-refractivity contribution in [2.45, 2.75) is 12.3 Å². The Morgan fingerprint density at radius 2 is 1.29 bits per heavy atom. The van der Waals surface area contributed by atoms with E-state index in [1.165, 1.54) is 0 Å². The molecule has 5 heteroatoms. The molecule has 0 saturated carbocycles. The Hall–Kier alpha value is -2.40. The highest BCUT2D eigenvalue weighted by molar-refractivity contribution is 5.46. The van der Waals surface area contributed by atoms with Crippen molar-refractivity contribution in [1.29, 1.82) is 0 Å². The summed E-state index contributed by atoms with van der Waals surface area (Å²) in [5.41, 5.74) is 8.27. The Balaban J connectivity index is 2.26. The third-order valence-corrected chi connectivity index (χ3v) is 4.09. The van der Waals surface area contributed by atoms with Gasteiger partial charge in [0.1, 0.15) is 0 Å². The van der Waals surface area contributed by atoms with Gasteiger partial charge in [0, 0.05) is 5.92 Å². The zero-order valence-corrected chi connectivity index (χ0v) is 14.7. The lowest BCUT2D eigenvalue weighted by Gasteiger charge is -2.18. The smallest absolute Gasteiger partial charge is 0.160 e. The summed E-state index contributed by atoms with van der Waals surface area (Å²) >= 11 is 0. The van der Waals surface area contributed by atoms with Crippen LogP contribution >= 0.6 is 0 Å². The maximum Gasteiger partial charge on any atom is 0.160 e. The average Bonchev–Trinajstić information content (AvgIpc) is 2.65.